The highest BCUT2D eigenvalue weighted by Crippen LogP contribution is 2.11. The van der Waals surface area contributed by atoms with E-state index in [2.05, 4.69) is 10.1 Å². The molecule has 1 N–H and O–H groups in total. The van der Waals surface area contributed by atoms with E-state index in [1.807, 2.05) is 4.68 Å². The number of aliphatic hydroxyl groups is 1. The molecular weight excluding hydrogens is 154 g/mol. The third-order valence-corrected chi connectivity index (χ3v) is 2.15. The van der Waals surface area contributed by atoms with Crippen LogP contribution in [0.3, 0.4) is 0 Å². The van der Waals surface area contributed by atoms with Gasteiger partial charge in [0.15, 0.2) is 5.82 Å². The Morgan fingerprint density at radius 3 is 3.08 bits per heavy atom. The molecule has 0 amide bonds. The van der Waals surface area contributed by atoms with Gasteiger partial charge >= 0.3 is 0 Å². The maximum absolute atomic E-state index is 8.69. The summed E-state index contributed by atoms with van der Waals surface area (Å²) in [6.45, 7) is 1.14. The molecule has 0 saturated carbocycles. The molecule has 0 saturated heterocycles. The van der Waals surface area contributed by atoms with Gasteiger partial charge in [-0.1, -0.05) is 0 Å². The van der Waals surface area contributed by atoms with E-state index in [-0.39, 0.29) is 6.61 Å². The van der Waals surface area contributed by atoms with Crippen molar-refractivity contribution in [3.8, 4) is 0 Å². The Balaban J connectivity index is 2.20. The molecule has 12 heavy (non-hydrogen) atoms. The molecule has 0 unspecified atom stereocenters. The lowest BCUT2D eigenvalue weighted by Gasteiger charge is -2.09. The van der Waals surface area contributed by atoms with Gasteiger partial charge in [0.2, 0.25) is 0 Å². The molecule has 0 aromatic carbocycles. The fourth-order valence-electron chi connectivity index (χ4n) is 1.54. The van der Waals surface area contributed by atoms with E-state index < -0.39 is 0 Å². The molecule has 1 aromatic rings. The second kappa shape index (κ2) is 3.23. The third-order valence-electron chi connectivity index (χ3n) is 2.15. The molecule has 1 aromatic heterocycles. The zero-order chi connectivity index (χ0) is 8.39. The van der Waals surface area contributed by atoms with Gasteiger partial charge in [0, 0.05) is 19.4 Å². The van der Waals surface area contributed by atoms with Crippen molar-refractivity contribution in [3.05, 3.63) is 11.6 Å². The number of hydrogen-bond acceptors (Lipinski definition) is 3. The highest BCUT2D eigenvalue weighted by Gasteiger charge is 2.12. The number of nitrogens with zero attached hydrogens (tertiary/aromatic N) is 3. The summed E-state index contributed by atoms with van der Waals surface area (Å²) in [5.41, 5.74) is 0. The Bertz CT molecular complexity index is 246. The molecule has 4 heteroatoms. The SMILES string of the molecule is OCCc1nc2n(n1)CCCC2. The van der Waals surface area contributed by atoms with Crippen LogP contribution in [-0.4, -0.2) is 26.5 Å². The fourth-order valence-corrected chi connectivity index (χ4v) is 1.54. The molecule has 2 heterocycles. The number of aliphatic hydroxyl groups excluding tert-OH is 1. The molecular formula is C8H13N3O. The fraction of sp³-hybridized carbons (Fsp3) is 0.750. The van der Waals surface area contributed by atoms with Crippen LogP contribution in [0.1, 0.15) is 24.5 Å². The summed E-state index contributed by atoms with van der Waals surface area (Å²) in [5, 5.41) is 13.0. The summed E-state index contributed by atoms with van der Waals surface area (Å²) in [6, 6.07) is 0. The number of aryl methyl sites for hydroxylation is 2. The van der Waals surface area contributed by atoms with Crippen LogP contribution in [0.4, 0.5) is 0 Å². The monoisotopic (exact) mass is 167 g/mol. The molecule has 2 rings (SSSR count). The molecule has 66 valence electrons. The lowest BCUT2D eigenvalue weighted by Crippen LogP contribution is -2.11. The Labute approximate surface area is 71.2 Å². The summed E-state index contributed by atoms with van der Waals surface area (Å²) in [4.78, 5) is 4.33. The molecule has 1 aliphatic rings. The van der Waals surface area contributed by atoms with Crippen LogP contribution in [0.25, 0.3) is 0 Å². The van der Waals surface area contributed by atoms with Gasteiger partial charge in [0.1, 0.15) is 5.82 Å². The predicted molar refractivity (Wildman–Crippen MR) is 43.7 cm³/mol. The lowest BCUT2D eigenvalue weighted by molar-refractivity contribution is 0.296. The second-order valence-corrected chi connectivity index (χ2v) is 3.10. The van der Waals surface area contributed by atoms with Gasteiger partial charge in [-0.25, -0.2) is 9.67 Å². The smallest absolute Gasteiger partial charge is 0.153 e. The van der Waals surface area contributed by atoms with Gasteiger partial charge in [-0.05, 0) is 12.8 Å². The predicted octanol–water partition coefficient (Wildman–Crippen LogP) is 0.149. The maximum atomic E-state index is 8.69. The van der Waals surface area contributed by atoms with Gasteiger partial charge in [0.05, 0.1) is 6.61 Å². The van der Waals surface area contributed by atoms with Crippen molar-refractivity contribution in [1.29, 1.82) is 0 Å². The van der Waals surface area contributed by atoms with E-state index in [1.54, 1.807) is 0 Å². The normalized spacial score (nSPS) is 16.1. The van der Waals surface area contributed by atoms with E-state index in [0.29, 0.717) is 6.42 Å². The minimum absolute atomic E-state index is 0.142. The zero-order valence-corrected chi connectivity index (χ0v) is 7.03. The third kappa shape index (κ3) is 1.34. The summed E-state index contributed by atoms with van der Waals surface area (Å²) < 4.78 is 1.97. The van der Waals surface area contributed by atoms with E-state index >= 15 is 0 Å². The van der Waals surface area contributed by atoms with Gasteiger partial charge in [0.25, 0.3) is 0 Å². The average Bonchev–Trinajstić information content (AvgIpc) is 2.47. The first-order valence-electron chi connectivity index (χ1n) is 4.43. The Kier molecular flexibility index (Phi) is 2.08. The van der Waals surface area contributed by atoms with Crippen LogP contribution >= 0.6 is 0 Å². The van der Waals surface area contributed by atoms with Crippen LogP contribution in [0, 0.1) is 0 Å². The van der Waals surface area contributed by atoms with Gasteiger partial charge in [-0.3, -0.25) is 0 Å². The van der Waals surface area contributed by atoms with E-state index in [4.69, 9.17) is 5.11 Å². The molecule has 4 nitrogen and oxygen atoms in total. The topological polar surface area (TPSA) is 50.9 Å². The zero-order valence-electron chi connectivity index (χ0n) is 7.03. The molecule has 1 aliphatic heterocycles. The van der Waals surface area contributed by atoms with Crippen LogP contribution in [0.2, 0.25) is 0 Å². The van der Waals surface area contributed by atoms with E-state index in [1.165, 1.54) is 12.8 Å². The van der Waals surface area contributed by atoms with Gasteiger partial charge < -0.3 is 5.11 Å². The second-order valence-electron chi connectivity index (χ2n) is 3.10. The van der Waals surface area contributed by atoms with Crippen molar-refractivity contribution in [2.75, 3.05) is 6.61 Å². The Hall–Kier alpha value is -0.900. The van der Waals surface area contributed by atoms with Crippen LogP contribution in [0.5, 0.6) is 0 Å². The average molecular weight is 167 g/mol. The highest BCUT2D eigenvalue weighted by molar-refractivity contribution is 4.95. The molecule has 0 bridgehead atoms. The molecule has 0 atom stereocenters. The van der Waals surface area contributed by atoms with Crippen molar-refractivity contribution < 1.29 is 5.11 Å². The van der Waals surface area contributed by atoms with Crippen molar-refractivity contribution in [2.24, 2.45) is 0 Å². The van der Waals surface area contributed by atoms with Crippen LogP contribution < -0.4 is 0 Å². The van der Waals surface area contributed by atoms with Crippen LogP contribution in [-0.2, 0) is 19.4 Å². The Morgan fingerprint density at radius 1 is 1.42 bits per heavy atom. The first kappa shape index (κ1) is 7.73. The van der Waals surface area contributed by atoms with Crippen molar-refractivity contribution in [1.82, 2.24) is 14.8 Å². The maximum Gasteiger partial charge on any atom is 0.153 e. The van der Waals surface area contributed by atoms with Crippen molar-refractivity contribution in [3.63, 3.8) is 0 Å². The number of aromatic nitrogens is 3. The summed E-state index contributed by atoms with van der Waals surface area (Å²) in [7, 11) is 0. The number of rotatable bonds is 2. The molecule has 0 radical (unpaired) electrons. The van der Waals surface area contributed by atoms with Gasteiger partial charge in [-0.2, -0.15) is 5.10 Å². The van der Waals surface area contributed by atoms with Gasteiger partial charge in [-0.15, -0.1) is 0 Å². The summed E-state index contributed by atoms with van der Waals surface area (Å²) in [5.74, 6) is 1.87. The molecule has 0 fully saturated rings. The Morgan fingerprint density at radius 2 is 2.33 bits per heavy atom. The summed E-state index contributed by atoms with van der Waals surface area (Å²) >= 11 is 0. The first-order valence-corrected chi connectivity index (χ1v) is 4.43. The largest absolute Gasteiger partial charge is 0.396 e. The van der Waals surface area contributed by atoms with Crippen molar-refractivity contribution >= 4 is 0 Å². The van der Waals surface area contributed by atoms with E-state index in [9.17, 15) is 0 Å². The minimum Gasteiger partial charge on any atom is -0.396 e. The first-order chi connectivity index (χ1) is 5.90. The van der Waals surface area contributed by atoms with Crippen molar-refractivity contribution in [2.45, 2.75) is 32.2 Å². The van der Waals surface area contributed by atoms with E-state index in [0.717, 1.165) is 24.6 Å². The molecule has 0 spiro atoms. The van der Waals surface area contributed by atoms with Crippen LogP contribution in [0.15, 0.2) is 0 Å². The highest BCUT2D eigenvalue weighted by atomic mass is 16.3. The standard InChI is InChI=1S/C8H13N3O/c12-6-4-7-9-8-3-1-2-5-11(8)10-7/h12H,1-6H2. The lowest BCUT2D eigenvalue weighted by atomic mass is 10.2. The number of fused-ring (bicyclic) bond motifs is 1. The summed E-state index contributed by atoms with van der Waals surface area (Å²) in [6.07, 6.45) is 4.05. The molecule has 0 aliphatic carbocycles. The quantitative estimate of drug-likeness (QED) is 0.682. The number of hydrogen-bond donors (Lipinski definition) is 1. The minimum atomic E-state index is 0.142.